The largest absolute Gasteiger partial charge is 0.488 e. The van der Waals surface area contributed by atoms with E-state index in [0.717, 1.165) is 50.6 Å². The molecule has 0 atom stereocenters. The van der Waals surface area contributed by atoms with Gasteiger partial charge >= 0.3 is 0 Å². The van der Waals surface area contributed by atoms with Crippen LogP contribution in [0.4, 0.5) is 0 Å². The fourth-order valence-electron chi connectivity index (χ4n) is 3.90. The maximum Gasteiger partial charge on any atom is 0.205 e. The molecule has 7 nitrogen and oxygen atoms in total. The number of rotatable bonds is 6. The van der Waals surface area contributed by atoms with Gasteiger partial charge in [-0.05, 0) is 54.0 Å². The summed E-state index contributed by atoms with van der Waals surface area (Å²) in [6.45, 7) is 4.32. The Morgan fingerprint density at radius 3 is 2.48 bits per heavy atom. The van der Waals surface area contributed by atoms with Crippen LogP contribution in [0.5, 0.6) is 5.75 Å². The fourth-order valence-corrected chi connectivity index (χ4v) is 3.90. The summed E-state index contributed by atoms with van der Waals surface area (Å²) in [6.07, 6.45) is 1.78. The predicted octanol–water partition coefficient (Wildman–Crippen LogP) is 5.19. The monoisotopic (exact) mass is 434 g/mol. The first kappa shape index (κ1) is 20.5. The van der Waals surface area contributed by atoms with E-state index in [-0.39, 0.29) is 0 Å². The van der Waals surface area contributed by atoms with Gasteiger partial charge in [-0.25, -0.2) is 0 Å². The second-order valence-electron chi connectivity index (χ2n) is 7.71. The number of aromatic amines is 1. The Balaban J connectivity index is 1.50. The summed E-state index contributed by atoms with van der Waals surface area (Å²) >= 11 is 0. The van der Waals surface area contributed by atoms with Crippen LogP contribution in [0.25, 0.3) is 33.8 Å². The third kappa shape index (κ3) is 4.34. The standard InChI is InChI=1S/C26H22N6O/c1-17-14-24(25(18(2)28-17)23-10-6-7-13-27-23)33-16-19-11-12-21(20-8-4-3-5-9-20)22(15-19)26-29-31-32-30-26/h3-15H,16H2,1-2H3,(H,29,30,31,32). The van der Waals surface area contributed by atoms with Gasteiger partial charge in [-0.15, -0.1) is 10.2 Å². The van der Waals surface area contributed by atoms with Crippen molar-refractivity contribution in [1.29, 1.82) is 0 Å². The highest BCUT2D eigenvalue weighted by Gasteiger charge is 2.15. The first-order valence-electron chi connectivity index (χ1n) is 10.6. The number of hydrogen-bond acceptors (Lipinski definition) is 6. The maximum absolute atomic E-state index is 6.31. The highest BCUT2D eigenvalue weighted by Crippen LogP contribution is 2.34. The predicted molar refractivity (Wildman–Crippen MR) is 126 cm³/mol. The van der Waals surface area contributed by atoms with Gasteiger partial charge in [0.05, 0.1) is 17.0 Å². The molecule has 0 spiro atoms. The molecule has 5 rings (SSSR count). The summed E-state index contributed by atoms with van der Waals surface area (Å²) in [4.78, 5) is 9.11. The van der Waals surface area contributed by atoms with Crippen molar-refractivity contribution in [3.05, 3.63) is 95.9 Å². The van der Waals surface area contributed by atoms with Crippen molar-refractivity contribution in [2.75, 3.05) is 0 Å². The van der Waals surface area contributed by atoms with E-state index in [9.17, 15) is 0 Å². The van der Waals surface area contributed by atoms with E-state index >= 15 is 0 Å². The molecule has 2 aromatic carbocycles. The van der Waals surface area contributed by atoms with Crippen molar-refractivity contribution in [2.45, 2.75) is 20.5 Å². The van der Waals surface area contributed by atoms with E-state index in [4.69, 9.17) is 4.74 Å². The number of benzene rings is 2. The summed E-state index contributed by atoms with van der Waals surface area (Å²) in [7, 11) is 0. The topological polar surface area (TPSA) is 89.5 Å². The Morgan fingerprint density at radius 2 is 1.73 bits per heavy atom. The van der Waals surface area contributed by atoms with Crippen LogP contribution in [0.3, 0.4) is 0 Å². The number of tetrazole rings is 1. The molecular formula is C26H22N6O. The van der Waals surface area contributed by atoms with E-state index in [1.54, 1.807) is 6.20 Å². The molecule has 0 fully saturated rings. The fraction of sp³-hybridized carbons (Fsp3) is 0.115. The summed E-state index contributed by atoms with van der Waals surface area (Å²) < 4.78 is 6.31. The molecule has 0 aliphatic rings. The van der Waals surface area contributed by atoms with Crippen LogP contribution in [0, 0.1) is 13.8 Å². The molecule has 0 bridgehead atoms. The van der Waals surface area contributed by atoms with Crippen LogP contribution < -0.4 is 4.74 Å². The molecule has 3 aromatic heterocycles. The first-order chi connectivity index (χ1) is 16.2. The number of aryl methyl sites for hydroxylation is 2. The number of hydrogen-bond donors (Lipinski definition) is 1. The molecule has 0 aliphatic heterocycles. The minimum absolute atomic E-state index is 0.378. The third-order valence-electron chi connectivity index (χ3n) is 5.36. The molecule has 3 heterocycles. The molecule has 0 unspecified atom stereocenters. The zero-order valence-electron chi connectivity index (χ0n) is 18.4. The minimum atomic E-state index is 0.378. The molecule has 7 heteroatoms. The Morgan fingerprint density at radius 1 is 0.879 bits per heavy atom. The van der Waals surface area contributed by atoms with Crippen LogP contribution in [-0.2, 0) is 6.61 Å². The van der Waals surface area contributed by atoms with Gasteiger partial charge in [-0.3, -0.25) is 9.97 Å². The van der Waals surface area contributed by atoms with Crippen molar-refractivity contribution < 1.29 is 4.74 Å². The number of aromatic nitrogens is 6. The SMILES string of the molecule is Cc1cc(OCc2ccc(-c3ccccc3)c(-c3nn[nH]n3)c2)c(-c2ccccn2)c(C)n1. The van der Waals surface area contributed by atoms with E-state index in [1.807, 2.05) is 56.3 Å². The van der Waals surface area contributed by atoms with Crippen LogP contribution in [0.15, 0.2) is 79.0 Å². The molecular weight excluding hydrogens is 412 g/mol. The normalized spacial score (nSPS) is 10.8. The highest BCUT2D eigenvalue weighted by atomic mass is 16.5. The van der Waals surface area contributed by atoms with Gasteiger partial charge in [0, 0.05) is 23.5 Å². The lowest BCUT2D eigenvalue weighted by molar-refractivity contribution is 0.306. The Labute approximate surface area is 191 Å². The Kier molecular flexibility index (Phi) is 5.59. The number of nitrogens with zero attached hydrogens (tertiary/aromatic N) is 5. The van der Waals surface area contributed by atoms with Crippen molar-refractivity contribution in [3.63, 3.8) is 0 Å². The molecule has 0 radical (unpaired) electrons. The van der Waals surface area contributed by atoms with Crippen molar-refractivity contribution in [1.82, 2.24) is 30.6 Å². The zero-order chi connectivity index (χ0) is 22.6. The number of H-pyrrole nitrogens is 1. The Hall–Kier alpha value is -4.39. The van der Waals surface area contributed by atoms with E-state index < -0.39 is 0 Å². The van der Waals surface area contributed by atoms with Crippen LogP contribution in [0.1, 0.15) is 17.0 Å². The lowest BCUT2D eigenvalue weighted by Crippen LogP contribution is -2.02. The summed E-state index contributed by atoms with van der Waals surface area (Å²) in [6, 6.07) is 24.1. The average molecular weight is 435 g/mol. The van der Waals surface area contributed by atoms with Crippen molar-refractivity contribution >= 4 is 0 Å². The summed E-state index contributed by atoms with van der Waals surface area (Å²) in [5, 5.41) is 14.7. The molecule has 0 saturated carbocycles. The lowest BCUT2D eigenvalue weighted by Gasteiger charge is -2.15. The van der Waals surface area contributed by atoms with Crippen LogP contribution >= 0.6 is 0 Å². The highest BCUT2D eigenvalue weighted by molar-refractivity contribution is 5.80. The molecule has 1 N–H and O–H groups in total. The number of pyridine rings is 2. The van der Waals surface area contributed by atoms with Crippen molar-refractivity contribution in [3.8, 4) is 39.5 Å². The minimum Gasteiger partial charge on any atom is -0.488 e. The second kappa shape index (κ2) is 9.00. The second-order valence-corrected chi connectivity index (χ2v) is 7.71. The number of nitrogens with one attached hydrogen (secondary N) is 1. The van der Waals surface area contributed by atoms with Gasteiger partial charge in [0.25, 0.3) is 0 Å². The van der Waals surface area contributed by atoms with Gasteiger partial charge in [-0.1, -0.05) is 48.5 Å². The lowest BCUT2D eigenvalue weighted by atomic mass is 9.97. The van der Waals surface area contributed by atoms with Gasteiger partial charge in [0.15, 0.2) is 0 Å². The van der Waals surface area contributed by atoms with Crippen LogP contribution in [-0.4, -0.2) is 30.6 Å². The van der Waals surface area contributed by atoms with Crippen molar-refractivity contribution in [2.24, 2.45) is 0 Å². The summed E-state index contributed by atoms with van der Waals surface area (Å²) in [5.41, 5.74) is 7.53. The number of ether oxygens (including phenoxy) is 1. The third-order valence-corrected chi connectivity index (χ3v) is 5.36. The quantitative estimate of drug-likeness (QED) is 0.396. The van der Waals surface area contributed by atoms with E-state index in [1.165, 1.54) is 0 Å². The molecule has 0 aliphatic carbocycles. The summed E-state index contributed by atoms with van der Waals surface area (Å²) in [5.74, 6) is 1.30. The molecule has 0 amide bonds. The van der Waals surface area contributed by atoms with E-state index in [2.05, 4.69) is 60.9 Å². The van der Waals surface area contributed by atoms with Gasteiger partial charge in [-0.2, -0.15) is 5.21 Å². The van der Waals surface area contributed by atoms with Gasteiger partial charge in [0.2, 0.25) is 5.82 Å². The van der Waals surface area contributed by atoms with Gasteiger partial charge in [0.1, 0.15) is 12.4 Å². The molecule has 162 valence electrons. The Bertz CT molecular complexity index is 1370. The molecule has 33 heavy (non-hydrogen) atoms. The van der Waals surface area contributed by atoms with E-state index in [0.29, 0.717) is 12.4 Å². The average Bonchev–Trinajstić information content (AvgIpc) is 3.38. The first-order valence-corrected chi connectivity index (χ1v) is 10.6. The molecule has 0 saturated heterocycles. The smallest absolute Gasteiger partial charge is 0.205 e. The maximum atomic E-state index is 6.31. The van der Waals surface area contributed by atoms with Crippen LogP contribution in [0.2, 0.25) is 0 Å². The zero-order valence-corrected chi connectivity index (χ0v) is 18.4. The van der Waals surface area contributed by atoms with Gasteiger partial charge < -0.3 is 4.74 Å². The molecule has 5 aromatic rings.